The minimum Gasteiger partial charge on any atom is -0.304 e. The van der Waals surface area contributed by atoms with Gasteiger partial charge in [0.05, 0.1) is 16.4 Å². The molecule has 0 unspecified atom stereocenters. The number of aromatic nitrogens is 2. The third-order valence-electron chi connectivity index (χ3n) is 4.20. The molecule has 0 amide bonds. The van der Waals surface area contributed by atoms with Crippen LogP contribution in [0.3, 0.4) is 0 Å². The second kappa shape index (κ2) is 6.47. The summed E-state index contributed by atoms with van der Waals surface area (Å²) in [6.45, 7) is 2.82. The largest absolute Gasteiger partial charge is 0.304 e. The first-order valence-electron chi connectivity index (χ1n) is 7.13. The van der Waals surface area contributed by atoms with Crippen molar-refractivity contribution in [3.8, 4) is 0 Å². The van der Waals surface area contributed by atoms with Gasteiger partial charge in [-0.05, 0) is 19.3 Å². The molecule has 0 spiro atoms. The molecule has 1 saturated carbocycles. The number of hydrogen-bond acceptors (Lipinski definition) is 2. The van der Waals surface area contributed by atoms with Crippen LogP contribution in [0.1, 0.15) is 50.4 Å². The SMILES string of the molecule is CCc1nn(C)c(CNC2(CCl)CCCCC2)c1Cl. The van der Waals surface area contributed by atoms with Gasteiger partial charge in [0.1, 0.15) is 0 Å². The number of nitrogens with zero attached hydrogens (tertiary/aromatic N) is 2. The third-order valence-corrected chi connectivity index (χ3v) is 5.15. The molecule has 1 aromatic heterocycles. The van der Waals surface area contributed by atoms with Gasteiger partial charge in [-0.15, -0.1) is 11.6 Å². The predicted octanol–water partition coefficient (Wildman–Crippen LogP) is 3.67. The Kier molecular flexibility index (Phi) is 5.15. The summed E-state index contributed by atoms with van der Waals surface area (Å²) in [5.74, 6) is 0.670. The molecule has 0 radical (unpaired) electrons. The van der Waals surface area contributed by atoms with E-state index in [-0.39, 0.29) is 5.54 Å². The zero-order valence-electron chi connectivity index (χ0n) is 11.8. The third kappa shape index (κ3) is 3.26. The second-order valence-corrected chi connectivity index (χ2v) is 6.16. The van der Waals surface area contributed by atoms with Crippen LogP contribution in [-0.2, 0) is 20.0 Å². The number of hydrogen-bond donors (Lipinski definition) is 1. The van der Waals surface area contributed by atoms with E-state index in [0.29, 0.717) is 5.88 Å². The molecular formula is C14H23Cl2N3. The summed E-state index contributed by atoms with van der Waals surface area (Å²) in [5.41, 5.74) is 2.12. The van der Waals surface area contributed by atoms with Crippen molar-refractivity contribution in [1.82, 2.24) is 15.1 Å². The molecule has 19 heavy (non-hydrogen) atoms. The van der Waals surface area contributed by atoms with Crippen molar-refractivity contribution in [3.05, 3.63) is 16.4 Å². The van der Waals surface area contributed by atoms with Crippen LogP contribution in [0, 0.1) is 0 Å². The highest BCUT2D eigenvalue weighted by atomic mass is 35.5. The summed E-state index contributed by atoms with van der Waals surface area (Å²) in [6.07, 6.45) is 7.04. The average molecular weight is 304 g/mol. The smallest absolute Gasteiger partial charge is 0.0863 e. The standard InChI is InChI=1S/C14H23Cl2N3/c1-3-11-13(16)12(19(2)18-11)9-17-14(10-15)7-5-4-6-8-14/h17H,3-10H2,1-2H3. The van der Waals surface area contributed by atoms with Crippen LogP contribution in [0.25, 0.3) is 0 Å². The summed E-state index contributed by atoms with van der Waals surface area (Å²) < 4.78 is 1.89. The highest BCUT2D eigenvalue weighted by molar-refractivity contribution is 6.31. The Hall–Kier alpha value is -0.250. The van der Waals surface area contributed by atoms with Crippen molar-refractivity contribution in [2.24, 2.45) is 7.05 Å². The van der Waals surface area contributed by atoms with Gasteiger partial charge in [0.25, 0.3) is 0 Å². The maximum atomic E-state index is 6.38. The molecule has 0 atom stereocenters. The van der Waals surface area contributed by atoms with Crippen LogP contribution in [-0.4, -0.2) is 21.2 Å². The summed E-state index contributed by atoms with van der Waals surface area (Å²) >= 11 is 12.6. The topological polar surface area (TPSA) is 29.9 Å². The fraction of sp³-hybridized carbons (Fsp3) is 0.786. The molecule has 0 bridgehead atoms. The summed E-state index contributed by atoms with van der Waals surface area (Å²) in [4.78, 5) is 0. The van der Waals surface area contributed by atoms with Crippen molar-refractivity contribution in [2.75, 3.05) is 5.88 Å². The van der Waals surface area contributed by atoms with E-state index in [2.05, 4.69) is 17.3 Å². The maximum absolute atomic E-state index is 6.38. The minimum absolute atomic E-state index is 0.0831. The lowest BCUT2D eigenvalue weighted by Gasteiger charge is -2.36. The Morgan fingerprint density at radius 2 is 2.00 bits per heavy atom. The molecule has 0 aromatic carbocycles. The van der Waals surface area contributed by atoms with Crippen molar-refractivity contribution >= 4 is 23.2 Å². The molecular weight excluding hydrogens is 281 g/mol. The monoisotopic (exact) mass is 303 g/mol. The minimum atomic E-state index is 0.0831. The Bertz CT molecular complexity index is 423. The van der Waals surface area contributed by atoms with Crippen molar-refractivity contribution < 1.29 is 0 Å². The van der Waals surface area contributed by atoms with Crippen molar-refractivity contribution in [3.63, 3.8) is 0 Å². The first-order chi connectivity index (χ1) is 9.12. The molecule has 1 heterocycles. The van der Waals surface area contributed by atoms with Crippen LogP contribution in [0.5, 0.6) is 0 Å². The van der Waals surface area contributed by atoms with E-state index in [1.54, 1.807) is 0 Å². The van der Waals surface area contributed by atoms with Crippen LogP contribution in [0.4, 0.5) is 0 Å². The van der Waals surface area contributed by atoms with Gasteiger partial charge in [-0.2, -0.15) is 5.10 Å². The molecule has 2 rings (SSSR count). The Balaban J connectivity index is 2.07. The van der Waals surface area contributed by atoms with Gasteiger partial charge in [0.2, 0.25) is 0 Å². The predicted molar refractivity (Wildman–Crippen MR) is 81.0 cm³/mol. The normalized spacial score (nSPS) is 18.7. The highest BCUT2D eigenvalue weighted by Gasteiger charge is 2.31. The second-order valence-electron chi connectivity index (χ2n) is 5.51. The molecule has 0 saturated heterocycles. The first-order valence-corrected chi connectivity index (χ1v) is 8.04. The molecule has 108 valence electrons. The van der Waals surface area contributed by atoms with E-state index in [1.165, 1.54) is 19.3 Å². The van der Waals surface area contributed by atoms with Gasteiger partial charge in [-0.25, -0.2) is 0 Å². The van der Waals surface area contributed by atoms with E-state index in [4.69, 9.17) is 23.2 Å². The lowest BCUT2D eigenvalue weighted by molar-refractivity contribution is 0.254. The van der Waals surface area contributed by atoms with E-state index < -0.39 is 0 Å². The lowest BCUT2D eigenvalue weighted by atomic mass is 9.83. The highest BCUT2D eigenvalue weighted by Crippen LogP contribution is 2.30. The Morgan fingerprint density at radius 1 is 1.32 bits per heavy atom. The molecule has 1 N–H and O–H groups in total. The van der Waals surface area contributed by atoms with E-state index in [1.807, 2.05) is 11.7 Å². The fourth-order valence-corrected chi connectivity index (χ4v) is 3.59. The van der Waals surface area contributed by atoms with Gasteiger partial charge in [-0.1, -0.05) is 37.8 Å². The van der Waals surface area contributed by atoms with E-state index in [9.17, 15) is 0 Å². The first kappa shape index (κ1) is 15.1. The summed E-state index contributed by atoms with van der Waals surface area (Å²) in [6, 6.07) is 0. The summed E-state index contributed by atoms with van der Waals surface area (Å²) in [7, 11) is 1.95. The molecule has 1 fully saturated rings. The Morgan fingerprint density at radius 3 is 2.53 bits per heavy atom. The fourth-order valence-electron chi connectivity index (χ4n) is 2.87. The van der Waals surface area contributed by atoms with Crippen LogP contribution < -0.4 is 5.32 Å². The van der Waals surface area contributed by atoms with Gasteiger partial charge in [0, 0.05) is 25.0 Å². The van der Waals surface area contributed by atoms with Gasteiger partial charge in [-0.3, -0.25) is 4.68 Å². The van der Waals surface area contributed by atoms with Gasteiger partial charge in [0.15, 0.2) is 0 Å². The zero-order chi connectivity index (χ0) is 13.9. The van der Waals surface area contributed by atoms with E-state index in [0.717, 1.165) is 42.2 Å². The number of rotatable bonds is 5. The molecule has 1 aliphatic rings. The Labute approximate surface area is 125 Å². The average Bonchev–Trinajstić information content (AvgIpc) is 2.72. The maximum Gasteiger partial charge on any atom is 0.0863 e. The lowest BCUT2D eigenvalue weighted by Crippen LogP contribution is -2.48. The molecule has 3 nitrogen and oxygen atoms in total. The molecule has 0 aliphatic heterocycles. The van der Waals surface area contributed by atoms with Gasteiger partial charge >= 0.3 is 0 Å². The molecule has 5 heteroatoms. The number of halogens is 2. The zero-order valence-corrected chi connectivity index (χ0v) is 13.3. The number of alkyl halides is 1. The van der Waals surface area contributed by atoms with Crippen LogP contribution >= 0.6 is 23.2 Å². The van der Waals surface area contributed by atoms with Crippen molar-refractivity contribution in [2.45, 2.75) is 57.5 Å². The summed E-state index contributed by atoms with van der Waals surface area (Å²) in [5, 5.41) is 8.90. The number of nitrogens with one attached hydrogen (secondary N) is 1. The van der Waals surface area contributed by atoms with Crippen molar-refractivity contribution in [1.29, 1.82) is 0 Å². The quantitative estimate of drug-likeness (QED) is 0.841. The molecule has 1 aliphatic carbocycles. The van der Waals surface area contributed by atoms with Crippen LogP contribution in [0.15, 0.2) is 0 Å². The number of aryl methyl sites for hydroxylation is 2. The van der Waals surface area contributed by atoms with E-state index >= 15 is 0 Å². The van der Waals surface area contributed by atoms with Crippen LogP contribution in [0.2, 0.25) is 5.02 Å². The molecule has 1 aromatic rings. The van der Waals surface area contributed by atoms with Gasteiger partial charge < -0.3 is 5.32 Å².